The smallest absolute Gasteiger partial charge is 0.127 e. The van der Waals surface area contributed by atoms with E-state index in [1.54, 1.807) is 0 Å². The zero-order valence-corrected chi connectivity index (χ0v) is 10.7. The molecule has 0 aliphatic heterocycles. The fourth-order valence-electron chi connectivity index (χ4n) is 2.58. The van der Waals surface area contributed by atoms with Gasteiger partial charge in [-0.05, 0) is 43.7 Å². The van der Waals surface area contributed by atoms with Gasteiger partial charge in [0.2, 0.25) is 0 Å². The second-order valence-corrected chi connectivity index (χ2v) is 5.74. The first-order valence-electron chi connectivity index (χ1n) is 6.14. The van der Waals surface area contributed by atoms with Crippen molar-refractivity contribution in [3.63, 3.8) is 0 Å². The minimum atomic E-state index is 0.430. The lowest BCUT2D eigenvalue weighted by molar-refractivity contribution is 0.378. The number of nitriles is 1. The molecule has 17 heavy (non-hydrogen) atoms. The van der Waals surface area contributed by atoms with Crippen LogP contribution in [-0.2, 0) is 0 Å². The molecular formula is C14H19N3. The van der Waals surface area contributed by atoms with E-state index in [4.69, 9.17) is 5.26 Å². The van der Waals surface area contributed by atoms with Gasteiger partial charge in [0.05, 0.1) is 11.6 Å². The van der Waals surface area contributed by atoms with Gasteiger partial charge in [0.15, 0.2) is 0 Å². The highest BCUT2D eigenvalue weighted by atomic mass is 15.0. The van der Waals surface area contributed by atoms with Crippen molar-refractivity contribution in [3.05, 3.63) is 23.4 Å². The number of aryl methyl sites for hydroxylation is 1. The monoisotopic (exact) mass is 229 g/mol. The third kappa shape index (κ3) is 2.97. The highest BCUT2D eigenvalue weighted by molar-refractivity contribution is 5.45. The normalized spacial score (nSPS) is 22.1. The van der Waals surface area contributed by atoms with Gasteiger partial charge in [0.1, 0.15) is 5.82 Å². The lowest BCUT2D eigenvalue weighted by atomic mass is 9.92. The molecule has 1 aromatic rings. The van der Waals surface area contributed by atoms with Crippen LogP contribution in [0.2, 0.25) is 0 Å². The summed E-state index contributed by atoms with van der Waals surface area (Å²) in [6.45, 7) is 6.53. The Balaban J connectivity index is 2.10. The Bertz CT molecular complexity index is 457. The molecule has 0 amide bonds. The van der Waals surface area contributed by atoms with Crippen LogP contribution in [-0.4, -0.2) is 11.0 Å². The van der Waals surface area contributed by atoms with Crippen LogP contribution in [0.5, 0.6) is 0 Å². The Kier molecular flexibility index (Phi) is 3.06. The van der Waals surface area contributed by atoms with Crippen molar-refractivity contribution in [1.29, 1.82) is 5.26 Å². The Hall–Kier alpha value is -1.56. The fraction of sp³-hybridized carbons (Fsp3) is 0.571. The number of hydrogen-bond acceptors (Lipinski definition) is 3. The summed E-state index contributed by atoms with van der Waals surface area (Å²) in [6, 6.07) is 6.30. The van der Waals surface area contributed by atoms with Crippen molar-refractivity contribution in [1.82, 2.24) is 4.98 Å². The first kappa shape index (κ1) is 11.9. The third-order valence-electron chi connectivity index (χ3n) is 3.40. The van der Waals surface area contributed by atoms with Gasteiger partial charge in [-0.2, -0.15) is 5.26 Å². The van der Waals surface area contributed by atoms with Crippen molar-refractivity contribution < 1.29 is 0 Å². The topological polar surface area (TPSA) is 48.7 Å². The van der Waals surface area contributed by atoms with E-state index >= 15 is 0 Å². The van der Waals surface area contributed by atoms with E-state index < -0.39 is 0 Å². The van der Waals surface area contributed by atoms with Crippen LogP contribution in [0.15, 0.2) is 12.1 Å². The fourth-order valence-corrected chi connectivity index (χ4v) is 2.58. The van der Waals surface area contributed by atoms with Crippen LogP contribution < -0.4 is 5.32 Å². The molecule has 1 saturated carbocycles. The highest BCUT2D eigenvalue weighted by Gasteiger charge is 2.30. The van der Waals surface area contributed by atoms with E-state index in [2.05, 4.69) is 30.2 Å². The predicted molar refractivity (Wildman–Crippen MR) is 68.7 cm³/mol. The summed E-state index contributed by atoms with van der Waals surface area (Å²) in [7, 11) is 0. The third-order valence-corrected chi connectivity index (χ3v) is 3.40. The summed E-state index contributed by atoms with van der Waals surface area (Å²) in [6.07, 6.45) is 3.61. The van der Waals surface area contributed by atoms with Crippen LogP contribution in [0, 0.1) is 23.7 Å². The summed E-state index contributed by atoms with van der Waals surface area (Å²) in [4.78, 5) is 4.43. The lowest BCUT2D eigenvalue weighted by Gasteiger charge is -2.18. The number of nitrogens with one attached hydrogen (secondary N) is 1. The molecule has 3 nitrogen and oxygen atoms in total. The molecule has 3 heteroatoms. The van der Waals surface area contributed by atoms with E-state index in [0.717, 1.165) is 11.5 Å². The van der Waals surface area contributed by atoms with Crippen molar-refractivity contribution in [2.45, 2.75) is 46.1 Å². The molecular weight excluding hydrogens is 210 g/mol. The quantitative estimate of drug-likeness (QED) is 0.846. The van der Waals surface area contributed by atoms with Crippen LogP contribution in [0.4, 0.5) is 5.82 Å². The molecule has 1 aliphatic carbocycles. The van der Waals surface area contributed by atoms with Gasteiger partial charge in [0.25, 0.3) is 0 Å². The van der Waals surface area contributed by atoms with E-state index in [0.29, 0.717) is 17.0 Å². The van der Waals surface area contributed by atoms with Crippen molar-refractivity contribution in [2.24, 2.45) is 5.41 Å². The number of hydrogen-bond donors (Lipinski definition) is 1. The average Bonchev–Trinajstić information content (AvgIpc) is 2.57. The molecule has 1 heterocycles. The Morgan fingerprint density at radius 2 is 2.24 bits per heavy atom. The highest BCUT2D eigenvalue weighted by Crippen LogP contribution is 2.38. The van der Waals surface area contributed by atoms with Gasteiger partial charge in [-0.15, -0.1) is 0 Å². The van der Waals surface area contributed by atoms with E-state index in [9.17, 15) is 0 Å². The molecule has 0 spiro atoms. The second kappa shape index (κ2) is 4.37. The summed E-state index contributed by atoms with van der Waals surface area (Å²) >= 11 is 0. The average molecular weight is 229 g/mol. The molecule has 90 valence electrons. The van der Waals surface area contributed by atoms with Crippen LogP contribution >= 0.6 is 0 Å². The minimum absolute atomic E-state index is 0.430. The predicted octanol–water partition coefficient (Wildman–Crippen LogP) is 3.25. The van der Waals surface area contributed by atoms with Gasteiger partial charge < -0.3 is 5.32 Å². The molecule has 1 aromatic heterocycles. The zero-order chi connectivity index (χ0) is 12.5. The molecule has 1 aliphatic rings. The Morgan fingerprint density at radius 1 is 1.47 bits per heavy atom. The molecule has 2 rings (SSSR count). The number of rotatable bonds is 2. The first-order valence-corrected chi connectivity index (χ1v) is 6.14. The number of anilines is 1. The summed E-state index contributed by atoms with van der Waals surface area (Å²) < 4.78 is 0. The van der Waals surface area contributed by atoms with Crippen molar-refractivity contribution >= 4 is 5.82 Å². The molecule has 1 fully saturated rings. The molecule has 1 unspecified atom stereocenters. The Labute approximate surface area is 103 Å². The molecule has 0 bridgehead atoms. The van der Waals surface area contributed by atoms with E-state index in [1.165, 1.54) is 19.3 Å². The molecule has 0 saturated heterocycles. The van der Waals surface area contributed by atoms with Crippen LogP contribution in [0.1, 0.15) is 44.4 Å². The van der Waals surface area contributed by atoms with Gasteiger partial charge >= 0.3 is 0 Å². The van der Waals surface area contributed by atoms with Crippen LogP contribution in [0.3, 0.4) is 0 Å². The van der Waals surface area contributed by atoms with Crippen molar-refractivity contribution in [2.75, 3.05) is 5.32 Å². The molecule has 1 N–H and O–H groups in total. The van der Waals surface area contributed by atoms with Crippen LogP contribution in [0.25, 0.3) is 0 Å². The SMILES string of the molecule is Cc1cc(C#N)cc(NC2CCC(C)(C)C2)n1. The summed E-state index contributed by atoms with van der Waals surface area (Å²) in [5.41, 5.74) is 2.00. The number of pyridine rings is 1. The van der Waals surface area contributed by atoms with Gasteiger partial charge in [-0.25, -0.2) is 4.98 Å². The maximum Gasteiger partial charge on any atom is 0.127 e. The first-order chi connectivity index (χ1) is 7.98. The minimum Gasteiger partial charge on any atom is -0.367 e. The number of nitrogens with zero attached hydrogens (tertiary/aromatic N) is 2. The molecule has 1 atom stereocenters. The Morgan fingerprint density at radius 3 is 2.82 bits per heavy atom. The molecule has 0 radical (unpaired) electrons. The van der Waals surface area contributed by atoms with Gasteiger partial charge in [-0.1, -0.05) is 13.8 Å². The zero-order valence-electron chi connectivity index (χ0n) is 10.7. The van der Waals surface area contributed by atoms with Gasteiger partial charge in [0, 0.05) is 11.7 Å². The number of aromatic nitrogens is 1. The van der Waals surface area contributed by atoms with E-state index in [1.807, 2.05) is 19.1 Å². The maximum atomic E-state index is 8.92. The van der Waals surface area contributed by atoms with Gasteiger partial charge in [-0.3, -0.25) is 0 Å². The van der Waals surface area contributed by atoms with Crippen molar-refractivity contribution in [3.8, 4) is 6.07 Å². The second-order valence-electron chi connectivity index (χ2n) is 5.74. The summed E-state index contributed by atoms with van der Waals surface area (Å²) in [5.74, 6) is 0.837. The van der Waals surface area contributed by atoms with E-state index in [-0.39, 0.29) is 0 Å². The molecule has 0 aromatic carbocycles. The standard InChI is InChI=1S/C14H19N3/c1-10-6-11(9-15)7-13(16-10)17-12-4-5-14(2,3)8-12/h6-7,12H,4-5,8H2,1-3H3,(H,16,17). The lowest BCUT2D eigenvalue weighted by Crippen LogP contribution is -2.18. The summed E-state index contributed by atoms with van der Waals surface area (Å²) in [5, 5.41) is 12.4. The maximum absolute atomic E-state index is 8.92. The largest absolute Gasteiger partial charge is 0.367 e.